The van der Waals surface area contributed by atoms with Crippen LogP contribution in [0.15, 0.2) is 36.5 Å². The highest BCUT2D eigenvalue weighted by Crippen LogP contribution is 2.40. The fourth-order valence-electron chi connectivity index (χ4n) is 6.35. The number of ether oxygens (including phenoxy) is 1. The highest BCUT2D eigenvalue weighted by atomic mass is 19.1. The number of hydrogen-bond acceptors (Lipinski definition) is 7. The molecule has 2 fully saturated rings. The molecule has 2 aliphatic rings. The van der Waals surface area contributed by atoms with Crippen molar-refractivity contribution in [2.45, 2.75) is 58.0 Å². The Bertz CT molecular complexity index is 1820. The summed E-state index contributed by atoms with van der Waals surface area (Å²) in [5, 5.41) is 13.5. The molecular formula is C33H38FN7O5. The third kappa shape index (κ3) is 6.44. The molecule has 1 aliphatic carbocycles. The van der Waals surface area contributed by atoms with Crippen molar-refractivity contribution in [2.75, 3.05) is 32.8 Å². The number of aryl methyl sites for hydroxylation is 1. The average Bonchev–Trinajstić information content (AvgIpc) is 3.71. The van der Waals surface area contributed by atoms with Crippen LogP contribution in [0.5, 0.6) is 0 Å². The van der Waals surface area contributed by atoms with E-state index < -0.39 is 11.9 Å². The maximum Gasteiger partial charge on any atom is 0.325 e. The third-order valence-corrected chi connectivity index (χ3v) is 8.77. The number of halogens is 1. The largest absolute Gasteiger partial charge is 0.465 e. The summed E-state index contributed by atoms with van der Waals surface area (Å²) in [4.78, 5) is 53.5. The molecular weight excluding hydrogens is 593 g/mol. The summed E-state index contributed by atoms with van der Waals surface area (Å²) < 4.78 is 23.9. The molecule has 0 spiro atoms. The number of hydrogen-bond donors (Lipinski definition) is 1. The maximum absolute atomic E-state index is 15.7. The molecule has 1 saturated heterocycles. The number of aromatic nitrogens is 4. The minimum Gasteiger partial charge on any atom is -0.465 e. The van der Waals surface area contributed by atoms with Crippen molar-refractivity contribution < 1.29 is 28.3 Å². The van der Waals surface area contributed by atoms with Crippen LogP contribution in [0.25, 0.3) is 32.9 Å². The molecule has 0 bridgehead atoms. The standard InChI is InChI=1S/C33H38FN7O5/c1-4-46-31(45)16-35-29(43)18-40(23-8-9-23)30(44)19-41-28-7-5-6-24(25-15-27-22(14-26(25)34)17-38(3)36-27)32(28)33(37-41)21-10-12-39(13-11-21)20(2)42/h5-7,14-15,17,21,23H,4,8-13,16,18-19H2,1-3H3,(H,35,43). The Kier molecular flexibility index (Phi) is 8.74. The Balaban J connectivity index is 1.35. The Labute approximate surface area is 265 Å². The lowest BCUT2D eigenvalue weighted by Gasteiger charge is -2.30. The fraction of sp³-hybridized carbons (Fsp3) is 0.455. The number of fused-ring (bicyclic) bond motifs is 2. The molecule has 6 rings (SSSR count). The van der Waals surface area contributed by atoms with E-state index in [4.69, 9.17) is 9.84 Å². The van der Waals surface area contributed by atoms with Gasteiger partial charge in [0.05, 0.1) is 29.9 Å². The summed E-state index contributed by atoms with van der Waals surface area (Å²) in [6.07, 6.45) is 4.71. The van der Waals surface area contributed by atoms with Crippen molar-refractivity contribution in [2.24, 2.45) is 7.05 Å². The van der Waals surface area contributed by atoms with Gasteiger partial charge in [-0.2, -0.15) is 10.2 Å². The van der Waals surface area contributed by atoms with Gasteiger partial charge in [0.2, 0.25) is 17.7 Å². The zero-order valence-corrected chi connectivity index (χ0v) is 26.3. The number of benzene rings is 2. The summed E-state index contributed by atoms with van der Waals surface area (Å²) in [5.41, 5.74) is 3.15. The molecule has 0 atom stereocenters. The molecule has 1 N–H and O–H groups in total. The average molecular weight is 632 g/mol. The summed E-state index contributed by atoms with van der Waals surface area (Å²) in [7, 11) is 1.79. The van der Waals surface area contributed by atoms with E-state index >= 15 is 4.39 Å². The molecule has 46 heavy (non-hydrogen) atoms. The second kappa shape index (κ2) is 12.9. The van der Waals surface area contributed by atoms with Gasteiger partial charge in [-0.05, 0) is 56.4 Å². The third-order valence-electron chi connectivity index (χ3n) is 8.77. The number of nitrogens with one attached hydrogen (secondary N) is 1. The number of amides is 3. The summed E-state index contributed by atoms with van der Waals surface area (Å²) >= 11 is 0. The van der Waals surface area contributed by atoms with Gasteiger partial charge < -0.3 is 19.9 Å². The molecule has 3 amide bonds. The smallest absolute Gasteiger partial charge is 0.325 e. The van der Waals surface area contributed by atoms with Crippen molar-refractivity contribution in [3.63, 3.8) is 0 Å². The molecule has 242 valence electrons. The van der Waals surface area contributed by atoms with Crippen molar-refractivity contribution >= 4 is 45.5 Å². The van der Waals surface area contributed by atoms with Crippen molar-refractivity contribution in [1.29, 1.82) is 0 Å². The van der Waals surface area contributed by atoms with Gasteiger partial charge >= 0.3 is 5.97 Å². The molecule has 1 aliphatic heterocycles. The van der Waals surface area contributed by atoms with Gasteiger partial charge in [0.25, 0.3) is 0 Å². The number of piperidine rings is 1. The van der Waals surface area contributed by atoms with E-state index in [1.165, 1.54) is 11.0 Å². The first-order chi connectivity index (χ1) is 22.1. The summed E-state index contributed by atoms with van der Waals surface area (Å²) in [6.45, 7) is 4.06. The molecule has 2 aromatic carbocycles. The Hall–Kier alpha value is -4.81. The van der Waals surface area contributed by atoms with Gasteiger partial charge in [-0.25, -0.2) is 4.39 Å². The van der Waals surface area contributed by atoms with Gasteiger partial charge in [0, 0.05) is 61.6 Å². The van der Waals surface area contributed by atoms with E-state index in [0.29, 0.717) is 53.5 Å². The monoisotopic (exact) mass is 631 g/mol. The van der Waals surface area contributed by atoms with Crippen molar-refractivity contribution in [3.8, 4) is 11.1 Å². The van der Waals surface area contributed by atoms with Crippen molar-refractivity contribution in [3.05, 3.63) is 48.0 Å². The Morgan fingerprint density at radius 2 is 1.83 bits per heavy atom. The Morgan fingerprint density at radius 3 is 2.52 bits per heavy atom. The van der Waals surface area contributed by atoms with Crippen molar-refractivity contribution in [1.82, 2.24) is 34.7 Å². The van der Waals surface area contributed by atoms with Crippen LogP contribution in [0.4, 0.5) is 4.39 Å². The van der Waals surface area contributed by atoms with Crippen LogP contribution in [-0.4, -0.2) is 91.9 Å². The summed E-state index contributed by atoms with van der Waals surface area (Å²) in [6, 6.07) is 8.73. The van der Waals surface area contributed by atoms with E-state index in [-0.39, 0.29) is 55.8 Å². The van der Waals surface area contributed by atoms with Gasteiger partial charge in [0.15, 0.2) is 0 Å². The fourth-order valence-corrected chi connectivity index (χ4v) is 6.35. The topological polar surface area (TPSA) is 132 Å². The lowest BCUT2D eigenvalue weighted by atomic mass is 9.89. The highest BCUT2D eigenvalue weighted by molar-refractivity contribution is 6.00. The predicted molar refractivity (Wildman–Crippen MR) is 168 cm³/mol. The molecule has 1 saturated carbocycles. The summed E-state index contributed by atoms with van der Waals surface area (Å²) in [5.74, 6) is -1.63. The molecule has 12 nitrogen and oxygen atoms in total. The number of rotatable bonds is 10. The molecule has 4 aromatic rings. The van der Waals surface area contributed by atoms with Crippen LogP contribution in [0.3, 0.4) is 0 Å². The van der Waals surface area contributed by atoms with E-state index in [9.17, 15) is 19.2 Å². The zero-order chi connectivity index (χ0) is 32.5. The van der Waals surface area contributed by atoms with Crippen LogP contribution in [0.2, 0.25) is 0 Å². The Morgan fingerprint density at radius 1 is 1.07 bits per heavy atom. The van der Waals surface area contributed by atoms with E-state index in [1.54, 1.807) is 42.5 Å². The van der Waals surface area contributed by atoms with E-state index in [1.807, 2.05) is 23.1 Å². The number of carbonyl (C=O) groups is 4. The van der Waals surface area contributed by atoms with Gasteiger partial charge in [-0.3, -0.25) is 28.5 Å². The number of nitrogens with zero attached hydrogens (tertiary/aromatic N) is 6. The first-order valence-electron chi connectivity index (χ1n) is 15.7. The number of esters is 1. The first kappa shape index (κ1) is 31.2. The molecule has 0 radical (unpaired) electrons. The van der Waals surface area contributed by atoms with E-state index in [2.05, 4.69) is 10.4 Å². The van der Waals surface area contributed by atoms with Gasteiger partial charge in [0.1, 0.15) is 18.9 Å². The minimum atomic E-state index is -0.542. The van der Waals surface area contributed by atoms with Crippen LogP contribution in [-0.2, 0) is 37.5 Å². The first-order valence-corrected chi connectivity index (χ1v) is 15.7. The predicted octanol–water partition coefficient (Wildman–Crippen LogP) is 3.13. The highest BCUT2D eigenvalue weighted by Gasteiger charge is 2.35. The SMILES string of the molecule is CCOC(=O)CNC(=O)CN(C(=O)Cn1nc(C2CCN(C(C)=O)CC2)c2c(-c3cc4nn(C)cc4cc3F)cccc21)C1CC1. The normalized spacial score (nSPS) is 15.3. The van der Waals surface area contributed by atoms with Gasteiger partial charge in [-0.1, -0.05) is 12.1 Å². The minimum absolute atomic E-state index is 0.00886. The number of likely N-dealkylation sites (tertiary alicyclic amines) is 1. The lowest BCUT2D eigenvalue weighted by Crippen LogP contribution is -2.44. The maximum atomic E-state index is 15.7. The van der Waals surface area contributed by atoms with Crippen LogP contribution in [0.1, 0.15) is 51.1 Å². The second-order valence-corrected chi connectivity index (χ2v) is 12.1. The van der Waals surface area contributed by atoms with Gasteiger partial charge in [-0.15, -0.1) is 0 Å². The van der Waals surface area contributed by atoms with E-state index in [0.717, 1.165) is 23.9 Å². The molecule has 2 aromatic heterocycles. The number of carbonyl (C=O) groups excluding carboxylic acids is 4. The quantitative estimate of drug-likeness (QED) is 0.266. The molecule has 13 heteroatoms. The van der Waals surface area contributed by atoms with Crippen LogP contribution < -0.4 is 5.32 Å². The second-order valence-electron chi connectivity index (χ2n) is 12.1. The zero-order valence-electron chi connectivity index (χ0n) is 26.3. The molecule has 0 unspecified atom stereocenters. The molecule has 3 heterocycles. The van der Waals surface area contributed by atoms with Crippen LogP contribution >= 0.6 is 0 Å². The lowest BCUT2D eigenvalue weighted by molar-refractivity contribution is -0.144. The van der Waals surface area contributed by atoms with Crippen LogP contribution in [0, 0.1) is 5.82 Å².